The number of methoxy groups -OCH3 is 2. The molecule has 6 aromatic rings. The van der Waals surface area contributed by atoms with Crippen molar-refractivity contribution >= 4 is 64.3 Å². The van der Waals surface area contributed by atoms with Crippen LogP contribution in [0.2, 0.25) is 0 Å². The number of azide groups is 1. The van der Waals surface area contributed by atoms with E-state index in [-0.39, 0.29) is 36.7 Å². The van der Waals surface area contributed by atoms with Crippen molar-refractivity contribution in [2.75, 3.05) is 79.8 Å². The molecule has 0 saturated carbocycles. The number of nitrogens with one attached hydrogen (secondary N) is 7. The normalized spacial score (nSPS) is 11.1. The number of aromatic carboxylic acids is 1. The van der Waals surface area contributed by atoms with Crippen LogP contribution < -0.4 is 32.3 Å². The number of rotatable bonds is 26. The van der Waals surface area contributed by atoms with Crippen LogP contribution in [0.4, 0.5) is 28.4 Å². The first-order valence-corrected chi connectivity index (χ1v) is 37.3. The number of aliphatic hydroxyl groups excluding tert-OH is 2. The molecule has 646 valence electrons. The number of carboxylic acid groups (broad SMARTS) is 1. The molecule has 0 aliphatic carbocycles. The van der Waals surface area contributed by atoms with Gasteiger partial charge in [-0.25, -0.2) is 68.3 Å². The summed E-state index contributed by atoms with van der Waals surface area (Å²) >= 11 is 3.27. The monoisotopic (exact) mass is 1690 g/mol. The molecule has 40 nitrogen and oxygen atoms in total. The van der Waals surface area contributed by atoms with E-state index >= 15 is 0 Å². The van der Waals surface area contributed by atoms with Crippen LogP contribution >= 0.6 is 15.9 Å². The van der Waals surface area contributed by atoms with Crippen molar-refractivity contribution in [2.24, 2.45) is 10.8 Å². The standard InChI is InChI=1S/C13H21N3O4.C12H20N6O2.C12H22N4O2.C12H21N3O3.C8H16BrNO2.C5H6N2O2.C4H4N2O2.C4H8O.CH3F.CH4O/c1-13(2,3)20-12(18)14-6-5-7-16-8-10(15-9-16)11(17)19-4;1-12(2,3)20-11(19)14-5-4-6-18-8-10(15-9-18)7-16-17-13;1-12(2,3)18-11(17)14-5-4-6-16-8-10(7-13)15-9-16;1-12(2,3)18-11(17)13-5-4-6-15-7-10(8-16)14-9-15;1-8(2,3)12-7(11)10-6-4-5-9;1-9-5(8)4-2-6-3-7-4;7-4(8)3-1-5-2-6-3;1-2-4-5-3-1;2*1-2/h8-9H,5-7H2,1-4H3,(H,14,18);8-9H,4-7H2,1-3H3,(H,14,19);8-9H,4-7,13H2,1-3H3,(H,14,17);7,9,16H,4-6,8H2,1-3H3,(H,13,17);4-6H2,1-3H3,(H,10,11);2-3H,1H3,(H,6,7);1-2H,(H,5,6)(H,7,8);1-4H2;1H3;2H,1H3. The van der Waals surface area contributed by atoms with Crippen LogP contribution in [0, 0.1) is 0 Å². The number of halogens is 2. The number of aromatic amines is 2. The maximum Gasteiger partial charge on any atom is 0.407 e. The Morgan fingerprint density at radius 2 is 0.860 bits per heavy atom. The van der Waals surface area contributed by atoms with Gasteiger partial charge in [-0.2, -0.15) is 0 Å². The molecule has 5 amide bonds. The van der Waals surface area contributed by atoms with Gasteiger partial charge in [0.1, 0.15) is 39.4 Å². The fourth-order valence-corrected chi connectivity index (χ4v) is 7.93. The number of carboxylic acids is 1. The van der Waals surface area contributed by atoms with Gasteiger partial charge < -0.3 is 114 Å². The van der Waals surface area contributed by atoms with Crippen LogP contribution in [-0.4, -0.2) is 230 Å². The molecule has 0 atom stereocenters. The largest absolute Gasteiger partial charge is 0.477 e. The molecule has 114 heavy (non-hydrogen) atoms. The summed E-state index contributed by atoms with van der Waals surface area (Å²) < 4.78 is 56.4. The second-order valence-electron chi connectivity index (χ2n) is 28.2. The van der Waals surface area contributed by atoms with E-state index in [0.717, 1.165) is 82.4 Å². The molecule has 0 aromatic carbocycles. The minimum absolute atomic E-state index is 0.0524. The van der Waals surface area contributed by atoms with Crippen LogP contribution in [0.1, 0.15) is 197 Å². The smallest absolute Gasteiger partial charge is 0.407 e. The van der Waals surface area contributed by atoms with Gasteiger partial charge in [-0.05, 0) is 154 Å². The van der Waals surface area contributed by atoms with Gasteiger partial charge in [0.2, 0.25) is 0 Å². The van der Waals surface area contributed by atoms with Gasteiger partial charge in [0.05, 0.1) is 102 Å². The van der Waals surface area contributed by atoms with Gasteiger partial charge in [0.25, 0.3) is 0 Å². The molecule has 42 heteroatoms. The van der Waals surface area contributed by atoms with Crippen molar-refractivity contribution in [3.63, 3.8) is 0 Å². The first kappa shape index (κ1) is 108. The summed E-state index contributed by atoms with van der Waals surface area (Å²) in [5.74, 6) is -1.84. The maximum absolute atomic E-state index is 11.4. The van der Waals surface area contributed by atoms with E-state index in [1.54, 1.807) is 42.3 Å². The Morgan fingerprint density at radius 3 is 1.13 bits per heavy atom. The van der Waals surface area contributed by atoms with Crippen LogP contribution in [0.15, 0.2) is 80.3 Å². The minimum Gasteiger partial charge on any atom is -0.477 e. The number of aliphatic hydroxyl groups is 2. The van der Waals surface area contributed by atoms with E-state index in [4.69, 9.17) is 55.0 Å². The lowest BCUT2D eigenvalue weighted by Gasteiger charge is -2.19. The van der Waals surface area contributed by atoms with E-state index < -0.39 is 64.2 Å². The Morgan fingerprint density at radius 1 is 0.535 bits per heavy atom. The van der Waals surface area contributed by atoms with Crippen LogP contribution in [0.5, 0.6) is 0 Å². The van der Waals surface area contributed by atoms with Gasteiger partial charge in [-0.3, -0.25) is 4.39 Å². The number of H-pyrrole nitrogens is 2. The number of carbonyl (C=O) groups excluding carboxylic acids is 7. The molecule has 6 aromatic heterocycles. The molecule has 0 radical (unpaired) electrons. The van der Waals surface area contributed by atoms with Crippen molar-refractivity contribution in [1.82, 2.24) is 84.7 Å². The van der Waals surface area contributed by atoms with Gasteiger partial charge in [-0.15, -0.1) is 0 Å². The van der Waals surface area contributed by atoms with Gasteiger partial charge in [0.15, 0.2) is 5.69 Å². The van der Waals surface area contributed by atoms with E-state index in [0.29, 0.717) is 70.8 Å². The van der Waals surface area contributed by atoms with E-state index in [1.807, 2.05) is 130 Å². The Kier molecular flexibility index (Phi) is 58.7. The van der Waals surface area contributed by atoms with Gasteiger partial charge >= 0.3 is 48.4 Å². The van der Waals surface area contributed by atoms with E-state index in [1.165, 1.54) is 52.1 Å². The molecule has 0 unspecified atom stereocenters. The number of imidazole rings is 6. The van der Waals surface area contributed by atoms with Crippen molar-refractivity contribution in [1.29, 1.82) is 0 Å². The number of alkyl carbamates (subject to hydrolysis) is 5. The van der Waals surface area contributed by atoms with Crippen LogP contribution in [0.3, 0.4) is 0 Å². The molecule has 7 heterocycles. The van der Waals surface area contributed by atoms with Crippen molar-refractivity contribution in [3.8, 4) is 0 Å². The molecule has 1 aliphatic rings. The Labute approximate surface area is 675 Å². The molecule has 7 rings (SSSR count). The van der Waals surface area contributed by atoms with E-state index in [9.17, 15) is 42.7 Å². The maximum atomic E-state index is 11.4. The van der Waals surface area contributed by atoms with Gasteiger partial charge in [-0.1, -0.05) is 21.0 Å². The zero-order valence-corrected chi connectivity index (χ0v) is 71.1. The number of hydrogen-bond donors (Lipinski definition) is 11. The zero-order valence-electron chi connectivity index (χ0n) is 69.5. The quantitative estimate of drug-likeness (QED) is 0.00457. The number of amides is 5. The molecule has 1 aliphatic heterocycles. The molecule has 0 spiro atoms. The number of esters is 2. The lowest BCUT2D eigenvalue weighted by atomic mass is 10.2. The van der Waals surface area contributed by atoms with Crippen LogP contribution in [-0.2, 0) is 83.8 Å². The zero-order chi connectivity index (χ0) is 87.2. The Balaban J connectivity index is -0.00000126. The predicted molar refractivity (Wildman–Crippen MR) is 426 cm³/mol. The molecular weight excluding hydrogens is 1560 g/mol. The first-order valence-electron chi connectivity index (χ1n) is 36.2. The lowest BCUT2D eigenvalue weighted by Crippen LogP contribution is -2.33. The lowest BCUT2D eigenvalue weighted by molar-refractivity contribution is 0.0515. The summed E-state index contributed by atoms with van der Waals surface area (Å²) in [6, 6.07) is 0. The molecule has 1 fully saturated rings. The number of hydrogen-bond acceptors (Lipinski definition) is 26. The second-order valence-corrected chi connectivity index (χ2v) is 29.0. The molecule has 12 N–H and O–H groups in total. The topological polar surface area (TPSA) is 535 Å². The summed E-state index contributed by atoms with van der Waals surface area (Å²) in [4.78, 5) is 119. The second kappa shape index (κ2) is 62.1. The summed E-state index contributed by atoms with van der Waals surface area (Å²) in [6.45, 7) is 35.8. The highest BCUT2D eigenvalue weighted by molar-refractivity contribution is 9.09. The summed E-state index contributed by atoms with van der Waals surface area (Å²) in [5.41, 5.74) is 14.4. The van der Waals surface area contributed by atoms with Crippen LogP contribution in [0.25, 0.3) is 10.4 Å². The van der Waals surface area contributed by atoms with Gasteiger partial charge in [0, 0.05) is 121 Å². The number of aromatic nitrogens is 12. The molecule has 1 saturated heterocycles. The number of ether oxygens (including phenoxy) is 8. The number of aryl methyl sites for hydroxylation is 4. The third kappa shape index (κ3) is 64.1. The fraction of sp³-hybridized carbons (Fsp3) is 0.639. The fourth-order valence-electron chi connectivity index (χ4n) is 7.65. The average molecular weight is 1690 g/mol. The van der Waals surface area contributed by atoms with E-state index in [2.05, 4.69) is 102 Å². The summed E-state index contributed by atoms with van der Waals surface area (Å²) in [7, 11) is 4.13. The van der Waals surface area contributed by atoms with Crippen molar-refractivity contribution < 1.29 is 96.0 Å². The molecule has 0 bridgehead atoms. The highest BCUT2D eigenvalue weighted by Crippen LogP contribution is 2.11. The summed E-state index contributed by atoms with van der Waals surface area (Å²) in [6.07, 6.45) is 23.7. The first-order chi connectivity index (χ1) is 53.6. The predicted octanol–water partition coefficient (Wildman–Crippen LogP) is 10.3. The third-order valence-electron chi connectivity index (χ3n) is 12.2. The SMILES string of the molecule is C1CCOC1.CC(C)(C)OC(=O)NCCCBr.CC(C)(C)OC(=O)NCCCn1cnc(CN)c1.CC(C)(C)OC(=O)NCCCn1cnc(CN=[N+]=[N-])c1.CC(C)(C)OC(=O)NCCCn1cnc(CO)c1.CF.CO.COC(=O)c1cn(CCCNC(=O)OC(C)(C)C)cn1.COC(=O)c1cnc[nH]1.O=C(O)c1cnc[nH]1. The van der Waals surface area contributed by atoms with Crippen molar-refractivity contribution in [3.05, 3.63) is 120 Å². The number of nitrogens with two attached hydrogens (primary N) is 1. The number of nitrogens with zero attached hydrogens (tertiary/aromatic N) is 13. The number of carbonyl (C=O) groups is 8. The Hall–Kier alpha value is -10.4. The highest BCUT2D eigenvalue weighted by atomic mass is 79.9. The molecular formula is C72H125BrFN21O19. The highest BCUT2D eigenvalue weighted by Gasteiger charge is 2.20. The Bertz CT molecular complexity index is 3480. The summed E-state index contributed by atoms with van der Waals surface area (Å²) in [5, 5.41) is 41.8. The average Bonchev–Trinajstić information content (AvgIpc) is 1.76. The van der Waals surface area contributed by atoms with Crippen molar-refractivity contribution in [2.45, 2.75) is 223 Å². The minimum atomic E-state index is -0.984. The number of alkyl halides is 2. The third-order valence-corrected chi connectivity index (χ3v) is 12.8.